The van der Waals surface area contributed by atoms with Crippen molar-refractivity contribution in [2.75, 3.05) is 32.4 Å². The minimum absolute atomic E-state index is 0.246. The Morgan fingerprint density at radius 3 is 2.39 bits per heavy atom. The van der Waals surface area contributed by atoms with Crippen LogP contribution in [-0.4, -0.2) is 64.1 Å². The van der Waals surface area contributed by atoms with Gasteiger partial charge in [0.15, 0.2) is 11.0 Å². The summed E-state index contributed by atoms with van der Waals surface area (Å²) in [6, 6.07) is 5.68. The topological polar surface area (TPSA) is 58.0 Å². The standard InChI is InChI=1S/C16H24N4O2S/c1-16(2,3)22-15(21)20-11-9-19(10-12-20)14(23-4)18-13-7-5-6-8-17-13/h5-8H,9-12H2,1-4H3/b18-14+. The average Bonchev–Trinajstić information content (AvgIpc) is 2.52. The molecule has 2 rings (SSSR count). The van der Waals surface area contributed by atoms with E-state index in [9.17, 15) is 4.79 Å². The van der Waals surface area contributed by atoms with Gasteiger partial charge in [-0.3, -0.25) is 0 Å². The summed E-state index contributed by atoms with van der Waals surface area (Å²) < 4.78 is 5.42. The van der Waals surface area contributed by atoms with E-state index in [0.717, 1.165) is 18.3 Å². The Hall–Kier alpha value is -1.76. The van der Waals surface area contributed by atoms with Crippen molar-refractivity contribution in [2.24, 2.45) is 4.99 Å². The van der Waals surface area contributed by atoms with Crippen molar-refractivity contribution in [3.05, 3.63) is 24.4 Å². The summed E-state index contributed by atoms with van der Waals surface area (Å²) in [6.07, 6.45) is 3.49. The fourth-order valence-corrected chi connectivity index (χ4v) is 2.80. The number of pyridine rings is 1. The molecule has 0 N–H and O–H groups in total. The molecule has 0 radical (unpaired) electrons. The third-order valence-corrected chi connectivity index (χ3v) is 3.96. The number of hydrogen-bond donors (Lipinski definition) is 0. The van der Waals surface area contributed by atoms with E-state index in [0.29, 0.717) is 18.9 Å². The minimum atomic E-state index is -0.459. The van der Waals surface area contributed by atoms with Crippen LogP contribution in [-0.2, 0) is 4.74 Å². The van der Waals surface area contributed by atoms with E-state index in [1.54, 1.807) is 22.9 Å². The van der Waals surface area contributed by atoms with Gasteiger partial charge in [0.25, 0.3) is 0 Å². The number of hydrogen-bond acceptors (Lipinski definition) is 5. The minimum Gasteiger partial charge on any atom is -0.444 e. The van der Waals surface area contributed by atoms with Gasteiger partial charge in [-0.15, -0.1) is 0 Å². The number of ether oxygens (including phenoxy) is 1. The first kappa shape index (κ1) is 17.6. The number of carbonyl (C=O) groups excluding carboxylic acids is 1. The molecule has 23 heavy (non-hydrogen) atoms. The highest BCUT2D eigenvalue weighted by atomic mass is 32.2. The number of rotatable bonds is 1. The van der Waals surface area contributed by atoms with Crippen molar-refractivity contribution < 1.29 is 9.53 Å². The van der Waals surface area contributed by atoms with Crippen LogP contribution in [0.4, 0.5) is 10.6 Å². The lowest BCUT2D eigenvalue weighted by atomic mass is 10.2. The van der Waals surface area contributed by atoms with Crippen molar-refractivity contribution in [2.45, 2.75) is 26.4 Å². The van der Waals surface area contributed by atoms with Crippen LogP contribution < -0.4 is 0 Å². The fourth-order valence-electron chi connectivity index (χ4n) is 2.17. The maximum atomic E-state index is 12.1. The third-order valence-electron chi connectivity index (χ3n) is 3.24. The molecule has 1 aliphatic rings. The summed E-state index contributed by atoms with van der Waals surface area (Å²) in [7, 11) is 0. The number of amides is 1. The molecule has 1 aromatic heterocycles. The number of aromatic nitrogens is 1. The van der Waals surface area contributed by atoms with Gasteiger partial charge in [-0.2, -0.15) is 0 Å². The summed E-state index contributed by atoms with van der Waals surface area (Å²) >= 11 is 1.59. The average molecular weight is 336 g/mol. The van der Waals surface area contributed by atoms with Crippen LogP contribution >= 0.6 is 11.8 Å². The van der Waals surface area contributed by atoms with Crippen molar-refractivity contribution in [1.29, 1.82) is 0 Å². The predicted octanol–water partition coefficient (Wildman–Crippen LogP) is 2.98. The van der Waals surface area contributed by atoms with E-state index >= 15 is 0 Å². The molecule has 7 heteroatoms. The molecule has 1 aliphatic heterocycles. The molecule has 0 spiro atoms. The molecule has 1 saturated heterocycles. The van der Waals surface area contributed by atoms with Gasteiger partial charge in [-0.1, -0.05) is 17.8 Å². The lowest BCUT2D eigenvalue weighted by Crippen LogP contribution is -2.51. The highest BCUT2D eigenvalue weighted by molar-refractivity contribution is 8.13. The first-order chi connectivity index (χ1) is 10.9. The number of piperazine rings is 1. The SMILES string of the molecule is CS/C(=N/c1ccccn1)N1CCN(C(=O)OC(C)(C)C)CC1. The van der Waals surface area contributed by atoms with Gasteiger partial charge < -0.3 is 14.5 Å². The molecule has 0 bridgehead atoms. The summed E-state index contributed by atoms with van der Waals surface area (Å²) in [4.78, 5) is 24.8. The zero-order valence-corrected chi connectivity index (χ0v) is 15.0. The van der Waals surface area contributed by atoms with Gasteiger partial charge in [0, 0.05) is 32.4 Å². The van der Waals surface area contributed by atoms with Gasteiger partial charge in [-0.05, 0) is 39.2 Å². The second kappa shape index (κ2) is 7.68. The number of carbonyl (C=O) groups is 1. The molecule has 126 valence electrons. The van der Waals surface area contributed by atoms with Crippen molar-refractivity contribution >= 4 is 28.8 Å². The Balaban J connectivity index is 1.95. The quantitative estimate of drug-likeness (QED) is 0.583. The van der Waals surface area contributed by atoms with Crippen LogP contribution in [0.15, 0.2) is 29.4 Å². The van der Waals surface area contributed by atoms with Gasteiger partial charge in [0.05, 0.1) is 0 Å². The van der Waals surface area contributed by atoms with Crippen LogP contribution in [0.1, 0.15) is 20.8 Å². The third kappa shape index (κ3) is 5.42. The predicted molar refractivity (Wildman–Crippen MR) is 94.2 cm³/mol. The van der Waals surface area contributed by atoms with Crippen LogP contribution in [0.25, 0.3) is 0 Å². The largest absolute Gasteiger partial charge is 0.444 e. The molecule has 0 saturated carbocycles. The van der Waals surface area contributed by atoms with Crippen LogP contribution in [0, 0.1) is 0 Å². The van der Waals surface area contributed by atoms with Crippen molar-refractivity contribution in [3.63, 3.8) is 0 Å². The number of thioether (sulfide) groups is 1. The summed E-state index contributed by atoms with van der Waals surface area (Å²) in [5.74, 6) is 0.700. The van der Waals surface area contributed by atoms with Gasteiger partial charge in [0.1, 0.15) is 5.60 Å². The van der Waals surface area contributed by atoms with E-state index < -0.39 is 5.60 Å². The summed E-state index contributed by atoms with van der Waals surface area (Å²) in [6.45, 7) is 8.40. The molecule has 0 atom stereocenters. The van der Waals surface area contributed by atoms with Crippen LogP contribution in [0.3, 0.4) is 0 Å². The lowest BCUT2D eigenvalue weighted by molar-refractivity contribution is 0.0188. The first-order valence-corrected chi connectivity index (χ1v) is 8.88. The molecular weight excluding hydrogens is 312 g/mol. The van der Waals surface area contributed by atoms with Crippen molar-refractivity contribution in [3.8, 4) is 0 Å². The molecule has 0 aliphatic carbocycles. The summed E-state index contributed by atoms with van der Waals surface area (Å²) in [5, 5.41) is 0.924. The van der Waals surface area contributed by atoms with E-state index in [2.05, 4.69) is 14.9 Å². The van der Waals surface area contributed by atoms with Crippen LogP contribution in [0.5, 0.6) is 0 Å². The van der Waals surface area contributed by atoms with Crippen LogP contribution in [0.2, 0.25) is 0 Å². The zero-order chi connectivity index (χ0) is 16.9. The monoisotopic (exact) mass is 336 g/mol. The molecule has 0 unspecified atom stereocenters. The Morgan fingerprint density at radius 1 is 1.22 bits per heavy atom. The normalized spacial score (nSPS) is 16.4. The van der Waals surface area contributed by atoms with Gasteiger partial charge in [0.2, 0.25) is 0 Å². The second-order valence-electron chi connectivity index (χ2n) is 6.24. The summed E-state index contributed by atoms with van der Waals surface area (Å²) in [5.41, 5.74) is -0.459. The maximum Gasteiger partial charge on any atom is 0.410 e. The molecule has 1 fully saturated rings. The van der Waals surface area contributed by atoms with E-state index in [1.807, 2.05) is 45.2 Å². The Bertz CT molecular complexity index is 549. The number of aliphatic imine (C=N–C) groups is 1. The van der Waals surface area contributed by atoms with Gasteiger partial charge in [-0.25, -0.2) is 14.8 Å². The molecule has 2 heterocycles. The molecule has 1 amide bonds. The maximum absolute atomic E-state index is 12.1. The Kier molecular flexibility index (Phi) is 5.87. The van der Waals surface area contributed by atoms with E-state index in [4.69, 9.17) is 4.74 Å². The highest BCUT2D eigenvalue weighted by Gasteiger charge is 2.26. The molecule has 6 nitrogen and oxygen atoms in total. The van der Waals surface area contributed by atoms with Gasteiger partial charge >= 0.3 is 6.09 Å². The van der Waals surface area contributed by atoms with E-state index in [1.165, 1.54) is 0 Å². The second-order valence-corrected chi connectivity index (χ2v) is 7.01. The molecule has 0 aromatic carbocycles. The Morgan fingerprint density at radius 2 is 1.87 bits per heavy atom. The smallest absolute Gasteiger partial charge is 0.410 e. The first-order valence-electron chi connectivity index (χ1n) is 7.65. The molecular formula is C16H24N4O2S. The molecule has 1 aromatic rings. The number of nitrogens with zero attached hydrogens (tertiary/aromatic N) is 4. The zero-order valence-electron chi connectivity index (χ0n) is 14.2. The fraction of sp³-hybridized carbons (Fsp3) is 0.562. The number of amidine groups is 1. The Labute approximate surface area is 141 Å². The lowest BCUT2D eigenvalue weighted by Gasteiger charge is -2.36. The highest BCUT2D eigenvalue weighted by Crippen LogP contribution is 2.17. The van der Waals surface area contributed by atoms with E-state index in [-0.39, 0.29) is 6.09 Å². The van der Waals surface area contributed by atoms with Crippen molar-refractivity contribution in [1.82, 2.24) is 14.8 Å².